The first-order valence-corrected chi connectivity index (χ1v) is 7.50. The van der Waals surface area contributed by atoms with Crippen molar-refractivity contribution < 1.29 is 4.52 Å². The summed E-state index contributed by atoms with van der Waals surface area (Å²) in [5.74, 6) is 2.37. The van der Waals surface area contributed by atoms with E-state index in [2.05, 4.69) is 27.3 Å². The maximum absolute atomic E-state index is 5.30. The number of aryl methyl sites for hydroxylation is 1. The second kappa shape index (κ2) is 7.60. The first kappa shape index (κ1) is 14.5. The van der Waals surface area contributed by atoms with Gasteiger partial charge < -0.3 is 14.7 Å². The minimum absolute atomic E-state index is 0.691. The molecule has 5 nitrogen and oxygen atoms in total. The lowest BCUT2D eigenvalue weighted by molar-refractivity contribution is 0.180. The van der Waals surface area contributed by atoms with Crippen LogP contribution in [0, 0.1) is 5.92 Å². The van der Waals surface area contributed by atoms with Crippen LogP contribution in [0.15, 0.2) is 4.52 Å². The highest BCUT2D eigenvalue weighted by atomic mass is 16.5. The van der Waals surface area contributed by atoms with Gasteiger partial charge in [0.15, 0.2) is 5.82 Å². The van der Waals surface area contributed by atoms with E-state index >= 15 is 0 Å². The molecule has 0 aromatic carbocycles. The fourth-order valence-electron chi connectivity index (χ4n) is 2.75. The van der Waals surface area contributed by atoms with Gasteiger partial charge in [-0.05, 0) is 51.9 Å². The monoisotopic (exact) mass is 266 g/mol. The van der Waals surface area contributed by atoms with Crippen LogP contribution in [0.1, 0.15) is 37.9 Å². The lowest BCUT2D eigenvalue weighted by Crippen LogP contribution is -2.36. The third-order valence-electron chi connectivity index (χ3n) is 3.85. The van der Waals surface area contributed by atoms with Crippen LogP contribution < -0.4 is 5.32 Å². The van der Waals surface area contributed by atoms with E-state index in [0.29, 0.717) is 5.92 Å². The maximum atomic E-state index is 5.30. The molecule has 0 bridgehead atoms. The number of rotatable bonds is 7. The fraction of sp³-hybridized carbons (Fsp3) is 0.857. The largest absolute Gasteiger partial charge is 0.339 e. The van der Waals surface area contributed by atoms with Gasteiger partial charge in [-0.2, -0.15) is 4.98 Å². The zero-order valence-electron chi connectivity index (χ0n) is 12.2. The average molecular weight is 266 g/mol. The van der Waals surface area contributed by atoms with Gasteiger partial charge in [0.2, 0.25) is 5.89 Å². The average Bonchev–Trinajstić information content (AvgIpc) is 2.87. The molecule has 1 unspecified atom stereocenters. The van der Waals surface area contributed by atoms with E-state index in [4.69, 9.17) is 4.52 Å². The van der Waals surface area contributed by atoms with Crippen LogP contribution in [0.25, 0.3) is 0 Å². The standard InChI is InChI=1S/C14H26N4O/c1-3-18-9-5-6-12(11-18)10-13-16-14(19-17-13)7-4-8-15-2/h12,15H,3-11H2,1-2H3. The van der Waals surface area contributed by atoms with Crippen molar-refractivity contribution in [2.75, 3.05) is 33.2 Å². The van der Waals surface area contributed by atoms with Gasteiger partial charge in [0, 0.05) is 19.4 Å². The third-order valence-corrected chi connectivity index (χ3v) is 3.85. The molecule has 1 atom stereocenters. The van der Waals surface area contributed by atoms with Gasteiger partial charge in [-0.15, -0.1) is 0 Å². The summed E-state index contributed by atoms with van der Waals surface area (Å²) >= 11 is 0. The quantitative estimate of drug-likeness (QED) is 0.758. The topological polar surface area (TPSA) is 54.2 Å². The van der Waals surface area contributed by atoms with E-state index in [9.17, 15) is 0 Å². The summed E-state index contributed by atoms with van der Waals surface area (Å²) < 4.78 is 5.30. The number of piperidine rings is 1. The minimum Gasteiger partial charge on any atom is -0.339 e. The Hall–Kier alpha value is -0.940. The molecule has 1 fully saturated rings. The Labute approximate surface area is 115 Å². The van der Waals surface area contributed by atoms with Crippen LogP contribution in [0.2, 0.25) is 0 Å². The molecule has 1 saturated heterocycles. The Morgan fingerprint density at radius 1 is 1.47 bits per heavy atom. The predicted octanol–water partition coefficient (Wildman–Crippen LogP) is 1.50. The van der Waals surface area contributed by atoms with Crippen LogP contribution in [0.4, 0.5) is 0 Å². The Morgan fingerprint density at radius 2 is 2.37 bits per heavy atom. The number of hydrogen-bond acceptors (Lipinski definition) is 5. The van der Waals surface area contributed by atoms with Gasteiger partial charge >= 0.3 is 0 Å². The molecule has 19 heavy (non-hydrogen) atoms. The number of likely N-dealkylation sites (tertiary alicyclic amines) is 1. The van der Waals surface area contributed by atoms with Crippen molar-refractivity contribution in [1.82, 2.24) is 20.4 Å². The summed E-state index contributed by atoms with van der Waals surface area (Å²) in [6.45, 7) is 6.80. The van der Waals surface area contributed by atoms with Crippen LogP contribution >= 0.6 is 0 Å². The molecule has 1 aliphatic heterocycles. The molecule has 0 radical (unpaired) electrons. The molecule has 2 heterocycles. The number of nitrogens with zero attached hydrogens (tertiary/aromatic N) is 3. The third kappa shape index (κ3) is 4.58. The Bertz CT molecular complexity index is 366. The van der Waals surface area contributed by atoms with Crippen LogP contribution in [-0.2, 0) is 12.8 Å². The van der Waals surface area contributed by atoms with Gasteiger partial charge in [0.1, 0.15) is 0 Å². The van der Waals surface area contributed by atoms with Crippen molar-refractivity contribution in [3.05, 3.63) is 11.7 Å². The second-order valence-electron chi connectivity index (χ2n) is 5.42. The Morgan fingerprint density at radius 3 is 3.16 bits per heavy atom. The van der Waals surface area contributed by atoms with Crippen LogP contribution in [0.3, 0.4) is 0 Å². The number of nitrogens with one attached hydrogen (secondary N) is 1. The lowest BCUT2D eigenvalue weighted by atomic mass is 9.94. The van der Waals surface area contributed by atoms with Crippen molar-refractivity contribution in [2.24, 2.45) is 5.92 Å². The Kier molecular flexibility index (Phi) is 5.79. The van der Waals surface area contributed by atoms with E-state index in [-0.39, 0.29) is 0 Å². The molecular formula is C14H26N4O. The van der Waals surface area contributed by atoms with Crippen molar-refractivity contribution in [3.63, 3.8) is 0 Å². The van der Waals surface area contributed by atoms with Crippen molar-refractivity contribution in [2.45, 2.75) is 39.0 Å². The summed E-state index contributed by atoms with van der Waals surface area (Å²) in [6, 6.07) is 0. The van der Waals surface area contributed by atoms with Gasteiger partial charge in [0.25, 0.3) is 0 Å². The molecule has 0 amide bonds. The normalized spacial score (nSPS) is 20.8. The maximum Gasteiger partial charge on any atom is 0.226 e. The van der Waals surface area contributed by atoms with E-state index in [1.165, 1.54) is 25.9 Å². The Balaban J connectivity index is 1.78. The molecule has 5 heteroatoms. The molecule has 0 saturated carbocycles. The summed E-state index contributed by atoms with van der Waals surface area (Å²) in [6.07, 6.45) is 5.47. The highest BCUT2D eigenvalue weighted by Gasteiger charge is 2.21. The molecular weight excluding hydrogens is 240 g/mol. The molecule has 1 aliphatic rings. The SMILES string of the molecule is CCN1CCCC(Cc2noc(CCCNC)n2)C1. The smallest absolute Gasteiger partial charge is 0.226 e. The first-order valence-electron chi connectivity index (χ1n) is 7.50. The van der Waals surface area contributed by atoms with E-state index in [1.54, 1.807) is 0 Å². The summed E-state index contributed by atoms with van der Waals surface area (Å²) in [7, 11) is 1.96. The van der Waals surface area contributed by atoms with Crippen LogP contribution in [0.5, 0.6) is 0 Å². The van der Waals surface area contributed by atoms with Gasteiger partial charge in [-0.1, -0.05) is 12.1 Å². The molecule has 1 aromatic rings. The van der Waals surface area contributed by atoms with Gasteiger partial charge in [-0.3, -0.25) is 0 Å². The summed E-state index contributed by atoms with van der Waals surface area (Å²) in [5.41, 5.74) is 0. The lowest BCUT2D eigenvalue weighted by Gasteiger charge is -2.31. The molecule has 1 aromatic heterocycles. The molecule has 108 valence electrons. The summed E-state index contributed by atoms with van der Waals surface area (Å²) in [5, 5.41) is 7.24. The van der Waals surface area contributed by atoms with Crippen molar-refractivity contribution >= 4 is 0 Å². The van der Waals surface area contributed by atoms with Gasteiger partial charge in [0.05, 0.1) is 0 Å². The highest BCUT2D eigenvalue weighted by Crippen LogP contribution is 2.19. The van der Waals surface area contributed by atoms with Gasteiger partial charge in [-0.25, -0.2) is 0 Å². The highest BCUT2D eigenvalue weighted by molar-refractivity contribution is 4.90. The fourth-order valence-corrected chi connectivity index (χ4v) is 2.75. The van der Waals surface area contributed by atoms with E-state index in [1.807, 2.05) is 7.05 Å². The molecule has 0 spiro atoms. The van der Waals surface area contributed by atoms with E-state index < -0.39 is 0 Å². The predicted molar refractivity (Wildman–Crippen MR) is 75.1 cm³/mol. The molecule has 2 rings (SSSR count). The van der Waals surface area contributed by atoms with Crippen molar-refractivity contribution in [1.29, 1.82) is 0 Å². The number of hydrogen-bond donors (Lipinski definition) is 1. The van der Waals surface area contributed by atoms with Crippen molar-refractivity contribution in [3.8, 4) is 0 Å². The minimum atomic E-state index is 0.691. The second-order valence-corrected chi connectivity index (χ2v) is 5.42. The van der Waals surface area contributed by atoms with Crippen LogP contribution in [-0.4, -0.2) is 48.3 Å². The van der Waals surface area contributed by atoms with E-state index in [0.717, 1.165) is 44.1 Å². The summed E-state index contributed by atoms with van der Waals surface area (Å²) in [4.78, 5) is 7.02. The molecule has 1 N–H and O–H groups in total. The zero-order chi connectivity index (χ0) is 13.5. The first-order chi connectivity index (χ1) is 9.31. The molecule has 0 aliphatic carbocycles. The zero-order valence-corrected chi connectivity index (χ0v) is 12.2. The number of aromatic nitrogens is 2.